The van der Waals surface area contributed by atoms with E-state index < -0.39 is 0 Å². The van der Waals surface area contributed by atoms with Crippen LogP contribution in [0.5, 0.6) is 0 Å². The zero-order valence-corrected chi connectivity index (χ0v) is 17.5. The zero-order valence-electron chi connectivity index (χ0n) is 16.7. The Labute approximate surface area is 171 Å². The lowest BCUT2D eigenvalue weighted by atomic mass is 9.57. The average Bonchev–Trinajstić information content (AvgIpc) is 2.66. The number of rotatable bonds is 5. The SMILES string of the molecule is CCCC12CN3CC(CCC)(CN(C1)C3c1cc3ccccc3nc1Cl)C2=O. The van der Waals surface area contributed by atoms with Crippen molar-refractivity contribution in [3.05, 3.63) is 41.0 Å². The van der Waals surface area contributed by atoms with E-state index in [0.29, 0.717) is 10.9 Å². The van der Waals surface area contributed by atoms with E-state index in [9.17, 15) is 4.79 Å². The Hall–Kier alpha value is -1.49. The molecule has 1 aromatic carbocycles. The van der Waals surface area contributed by atoms with Crippen LogP contribution in [0.1, 0.15) is 51.3 Å². The third kappa shape index (κ3) is 2.51. The molecule has 1 aromatic heterocycles. The molecule has 4 aliphatic heterocycles. The Morgan fingerprint density at radius 3 is 2.18 bits per heavy atom. The monoisotopic (exact) mass is 397 g/mol. The summed E-state index contributed by atoms with van der Waals surface area (Å²) in [4.78, 5) is 23.3. The molecular weight excluding hydrogens is 370 g/mol. The maximum atomic E-state index is 13.6. The van der Waals surface area contributed by atoms with Crippen LogP contribution in [-0.4, -0.2) is 46.7 Å². The van der Waals surface area contributed by atoms with Gasteiger partial charge in [0.25, 0.3) is 0 Å². The third-order valence-electron chi connectivity index (χ3n) is 7.12. The fraction of sp³-hybridized carbons (Fsp3) is 0.565. The molecule has 0 aliphatic carbocycles. The standard InChI is InChI=1S/C23H28ClN3O/c1-3-9-22-12-26-14-23(10-4-2,21(22)28)15-27(13-22)20(26)17-11-16-7-5-6-8-18(16)25-19(17)24/h5-8,11,20H,3-4,9-10,12-15H2,1-2H3. The van der Waals surface area contributed by atoms with Crippen LogP contribution in [0.25, 0.3) is 10.9 Å². The lowest BCUT2D eigenvalue weighted by molar-refractivity contribution is -0.205. The Balaban J connectivity index is 1.59. The maximum absolute atomic E-state index is 13.6. The number of ketones is 1. The molecular formula is C23H28ClN3O. The fourth-order valence-corrected chi connectivity index (χ4v) is 6.62. The van der Waals surface area contributed by atoms with Gasteiger partial charge in [-0.05, 0) is 25.0 Å². The minimum absolute atomic E-state index is 0.132. The molecule has 28 heavy (non-hydrogen) atoms. The summed E-state index contributed by atoms with van der Waals surface area (Å²) >= 11 is 6.68. The smallest absolute Gasteiger partial charge is 0.150 e. The molecule has 0 radical (unpaired) electrons. The van der Waals surface area contributed by atoms with Crippen molar-refractivity contribution < 1.29 is 4.79 Å². The van der Waals surface area contributed by atoms with E-state index >= 15 is 0 Å². The molecule has 0 N–H and O–H groups in total. The van der Waals surface area contributed by atoms with Gasteiger partial charge in [0, 0.05) is 37.1 Å². The summed E-state index contributed by atoms with van der Waals surface area (Å²) in [5.41, 5.74) is 1.62. The van der Waals surface area contributed by atoms with Crippen molar-refractivity contribution in [1.29, 1.82) is 0 Å². The van der Waals surface area contributed by atoms with Crippen molar-refractivity contribution in [1.82, 2.24) is 14.8 Å². The van der Waals surface area contributed by atoms with Gasteiger partial charge in [0.2, 0.25) is 0 Å². The number of nitrogens with zero attached hydrogens (tertiary/aromatic N) is 3. The van der Waals surface area contributed by atoms with Crippen molar-refractivity contribution in [2.45, 2.75) is 45.7 Å². The number of hydrogen-bond donors (Lipinski definition) is 0. The summed E-state index contributed by atoms with van der Waals surface area (Å²) in [6.45, 7) is 7.82. The Bertz CT molecular complexity index is 899. The minimum Gasteiger partial charge on any atom is -0.298 e. The predicted molar refractivity (Wildman–Crippen MR) is 112 cm³/mol. The number of aromatic nitrogens is 1. The number of halogens is 1. The third-order valence-corrected chi connectivity index (χ3v) is 7.42. The van der Waals surface area contributed by atoms with Gasteiger partial charge >= 0.3 is 0 Å². The number of pyridine rings is 1. The van der Waals surface area contributed by atoms with Crippen LogP contribution in [0.15, 0.2) is 30.3 Å². The van der Waals surface area contributed by atoms with Gasteiger partial charge in [-0.1, -0.05) is 56.5 Å². The van der Waals surface area contributed by atoms with Crippen molar-refractivity contribution in [2.24, 2.45) is 10.8 Å². The fourth-order valence-electron chi connectivity index (χ4n) is 6.38. The zero-order chi connectivity index (χ0) is 19.5. The van der Waals surface area contributed by atoms with E-state index in [1.165, 1.54) is 0 Å². The van der Waals surface area contributed by atoms with Gasteiger partial charge < -0.3 is 0 Å². The first-order valence-corrected chi connectivity index (χ1v) is 11.0. The lowest BCUT2D eigenvalue weighted by Crippen LogP contribution is -2.76. The summed E-state index contributed by atoms with van der Waals surface area (Å²) in [6, 6.07) is 10.4. The van der Waals surface area contributed by atoms with E-state index in [-0.39, 0.29) is 17.0 Å². The molecule has 0 unspecified atom stereocenters. The molecule has 4 fully saturated rings. The maximum Gasteiger partial charge on any atom is 0.150 e. The number of hydrogen-bond acceptors (Lipinski definition) is 4. The molecule has 4 bridgehead atoms. The molecule has 0 atom stereocenters. The van der Waals surface area contributed by atoms with Crippen molar-refractivity contribution in [2.75, 3.05) is 26.2 Å². The number of benzene rings is 1. The van der Waals surface area contributed by atoms with Crippen LogP contribution in [0.2, 0.25) is 5.15 Å². The number of Topliss-reactive ketones (excluding diaryl/α,β-unsaturated/α-hetero) is 1. The first-order valence-electron chi connectivity index (χ1n) is 10.6. The molecule has 2 aromatic rings. The average molecular weight is 398 g/mol. The quantitative estimate of drug-likeness (QED) is 0.687. The molecule has 4 nitrogen and oxygen atoms in total. The van der Waals surface area contributed by atoms with Crippen LogP contribution in [0.3, 0.4) is 0 Å². The second-order valence-electron chi connectivity index (χ2n) is 9.13. The van der Waals surface area contributed by atoms with Gasteiger partial charge in [0.05, 0.1) is 22.5 Å². The van der Waals surface area contributed by atoms with Gasteiger partial charge in [-0.3, -0.25) is 14.6 Å². The lowest BCUT2D eigenvalue weighted by Gasteiger charge is -2.66. The molecule has 0 saturated carbocycles. The first kappa shape index (κ1) is 18.5. The molecule has 0 spiro atoms. The highest BCUT2D eigenvalue weighted by Crippen LogP contribution is 2.56. The van der Waals surface area contributed by atoms with Gasteiger partial charge in [-0.2, -0.15) is 0 Å². The van der Waals surface area contributed by atoms with Crippen LogP contribution in [0.4, 0.5) is 0 Å². The number of carbonyl (C=O) groups excluding carboxylic acids is 1. The second kappa shape index (κ2) is 6.51. The minimum atomic E-state index is -0.201. The van der Waals surface area contributed by atoms with Crippen molar-refractivity contribution in [3.63, 3.8) is 0 Å². The van der Waals surface area contributed by atoms with E-state index in [2.05, 4.69) is 40.8 Å². The van der Waals surface area contributed by atoms with E-state index in [0.717, 1.165) is 68.3 Å². The van der Waals surface area contributed by atoms with Gasteiger partial charge in [0.15, 0.2) is 0 Å². The second-order valence-corrected chi connectivity index (χ2v) is 9.49. The topological polar surface area (TPSA) is 36.4 Å². The molecule has 4 saturated heterocycles. The van der Waals surface area contributed by atoms with Crippen LogP contribution < -0.4 is 0 Å². The molecule has 4 aliphatic rings. The number of fused-ring (bicyclic) bond motifs is 1. The van der Waals surface area contributed by atoms with E-state index in [1.54, 1.807) is 0 Å². The van der Waals surface area contributed by atoms with Crippen LogP contribution in [0, 0.1) is 10.8 Å². The van der Waals surface area contributed by atoms with Gasteiger partial charge in [-0.15, -0.1) is 0 Å². The summed E-state index contributed by atoms with van der Waals surface area (Å²) in [7, 11) is 0. The molecule has 0 amide bonds. The normalized spacial score (nSPS) is 36.4. The van der Waals surface area contributed by atoms with E-state index in [4.69, 9.17) is 11.6 Å². The number of piperidine rings is 2. The largest absolute Gasteiger partial charge is 0.298 e. The summed E-state index contributed by atoms with van der Waals surface area (Å²) in [5, 5.41) is 1.72. The molecule has 6 rings (SSSR count). The summed E-state index contributed by atoms with van der Waals surface area (Å²) in [5.74, 6) is 0.539. The Morgan fingerprint density at radius 1 is 1.04 bits per heavy atom. The van der Waals surface area contributed by atoms with Gasteiger partial charge in [0.1, 0.15) is 10.9 Å². The van der Waals surface area contributed by atoms with Crippen LogP contribution in [-0.2, 0) is 4.79 Å². The highest BCUT2D eigenvalue weighted by molar-refractivity contribution is 6.30. The van der Waals surface area contributed by atoms with Crippen LogP contribution >= 0.6 is 11.6 Å². The molecule has 5 heteroatoms. The summed E-state index contributed by atoms with van der Waals surface area (Å²) < 4.78 is 0. The highest BCUT2D eigenvalue weighted by atomic mass is 35.5. The Kier molecular flexibility index (Phi) is 4.31. The number of carbonyl (C=O) groups is 1. The van der Waals surface area contributed by atoms with Crippen molar-refractivity contribution in [3.8, 4) is 0 Å². The predicted octanol–water partition coefficient (Wildman–Crippen LogP) is 4.67. The Morgan fingerprint density at radius 2 is 1.61 bits per heavy atom. The summed E-state index contributed by atoms with van der Waals surface area (Å²) in [6.07, 6.45) is 4.21. The molecule has 5 heterocycles. The van der Waals surface area contributed by atoms with E-state index in [1.807, 2.05) is 18.2 Å². The van der Waals surface area contributed by atoms with Gasteiger partial charge in [-0.25, -0.2) is 4.98 Å². The van der Waals surface area contributed by atoms with Crippen molar-refractivity contribution >= 4 is 28.3 Å². The first-order chi connectivity index (χ1) is 13.5. The number of para-hydroxylation sites is 1. The highest BCUT2D eigenvalue weighted by Gasteiger charge is 2.64. The molecule has 148 valence electrons.